The van der Waals surface area contributed by atoms with E-state index < -0.39 is 0 Å². The predicted molar refractivity (Wildman–Crippen MR) is 49.5 cm³/mol. The molecule has 0 aliphatic heterocycles. The maximum absolute atomic E-state index is 5.81. The second-order valence-corrected chi connectivity index (χ2v) is 2.96. The third-order valence-electron chi connectivity index (χ3n) is 2.00. The van der Waals surface area contributed by atoms with Gasteiger partial charge in [-0.25, -0.2) is 4.57 Å². The number of fused-ring (bicyclic) bond motifs is 1. The lowest BCUT2D eigenvalue weighted by Crippen LogP contribution is -2.26. The van der Waals surface area contributed by atoms with Gasteiger partial charge in [-0.15, -0.1) is 0 Å². The zero-order valence-electron chi connectivity index (χ0n) is 6.99. The maximum atomic E-state index is 5.81. The summed E-state index contributed by atoms with van der Waals surface area (Å²) in [5.74, 6) is 0. The molecule has 2 nitrogen and oxygen atoms in total. The number of nitrogens with zero attached hydrogens (tertiary/aromatic N) is 1. The molecule has 0 aliphatic rings. The van der Waals surface area contributed by atoms with Crippen molar-refractivity contribution in [3.8, 4) is 0 Å². The number of aryl methyl sites for hydroxylation is 1. The van der Waals surface area contributed by atoms with Gasteiger partial charge in [0.1, 0.15) is 7.05 Å². The van der Waals surface area contributed by atoms with Crippen LogP contribution in [0.4, 0.5) is 5.69 Å². The van der Waals surface area contributed by atoms with E-state index in [4.69, 9.17) is 5.73 Å². The van der Waals surface area contributed by atoms with Crippen molar-refractivity contribution in [1.29, 1.82) is 0 Å². The zero-order chi connectivity index (χ0) is 8.55. The summed E-state index contributed by atoms with van der Waals surface area (Å²) in [6, 6.07) is 8.01. The molecular weight excluding hydrogens is 148 g/mol. The van der Waals surface area contributed by atoms with Crippen LogP contribution >= 0.6 is 0 Å². The van der Waals surface area contributed by atoms with Crippen molar-refractivity contribution < 1.29 is 4.57 Å². The molecule has 0 aliphatic carbocycles. The lowest BCUT2D eigenvalue weighted by atomic mass is 10.1. The first-order chi connectivity index (χ1) is 5.77. The number of hydrogen-bond acceptors (Lipinski definition) is 1. The van der Waals surface area contributed by atoms with Crippen molar-refractivity contribution in [2.75, 3.05) is 5.73 Å². The summed E-state index contributed by atoms with van der Waals surface area (Å²) in [4.78, 5) is 0. The van der Waals surface area contributed by atoms with Crippen LogP contribution in [0.25, 0.3) is 10.8 Å². The van der Waals surface area contributed by atoms with Crippen LogP contribution < -0.4 is 10.3 Å². The smallest absolute Gasteiger partial charge is 0.178 e. The van der Waals surface area contributed by atoms with Gasteiger partial charge in [0, 0.05) is 11.8 Å². The van der Waals surface area contributed by atoms with Gasteiger partial charge in [-0.2, -0.15) is 0 Å². The van der Waals surface area contributed by atoms with Crippen molar-refractivity contribution >= 4 is 16.5 Å². The highest BCUT2D eigenvalue weighted by atomic mass is 14.9. The minimum Gasteiger partial charge on any atom is -0.398 e. The molecule has 0 amide bonds. The Morgan fingerprint density at radius 2 is 2.08 bits per heavy atom. The van der Waals surface area contributed by atoms with Crippen LogP contribution in [0.5, 0.6) is 0 Å². The standard InChI is InChI=1S/C10H10N2/c1-12-6-5-8-3-2-4-10(11)9(8)7-12/h2-7,11H,1H3/p+1. The lowest BCUT2D eigenvalue weighted by molar-refractivity contribution is -0.670. The van der Waals surface area contributed by atoms with Gasteiger partial charge in [0.25, 0.3) is 0 Å². The molecule has 1 aromatic carbocycles. The highest BCUT2D eigenvalue weighted by Crippen LogP contribution is 2.17. The van der Waals surface area contributed by atoms with E-state index in [1.54, 1.807) is 0 Å². The molecule has 1 aromatic heterocycles. The maximum Gasteiger partial charge on any atom is 0.178 e. The van der Waals surface area contributed by atoms with Crippen LogP contribution in [0.1, 0.15) is 0 Å². The summed E-state index contributed by atoms with van der Waals surface area (Å²) in [7, 11) is 1.99. The zero-order valence-corrected chi connectivity index (χ0v) is 6.99. The van der Waals surface area contributed by atoms with E-state index in [-0.39, 0.29) is 0 Å². The van der Waals surface area contributed by atoms with Gasteiger partial charge < -0.3 is 5.73 Å². The van der Waals surface area contributed by atoms with Gasteiger partial charge in [0.05, 0.1) is 5.39 Å². The molecule has 2 N–H and O–H groups in total. The van der Waals surface area contributed by atoms with E-state index in [0.29, 0.717) is 0 Å². The van der Waals surface area contributed by atoms with E-state index in [1.165, 1.54) is 5.39 Å². The minimum absolute atomic E-state index is 0.837. The first kappa shape index (κ1) is 7.10. The fraction of sp³-hybridized carbons (Fsp3) is 0.100. The summed E-state index contributed by atoms with van der Waals surface area (Å²) in [5, 5.41) is 2.30. The fourth-order valence-electron chi connectivity index (χ4n) is 1.34. The summed E-state index contributed by atoms with van der Waals surface area (Å²) in [6.07, 6.45) is 4.05. The molecule has 12 heavy (non-hydrogen) atoms. The Morgan fingerprint density at radius 3 is 2.92 bits per heavy atom. The summed E-state index contributed by atoms with van der Waals surface area (Å²) in [5.41, 5.74) is 6.65. The molecule has 0 radical (unpaired) electrons. The second-order valence-electron chi connectivity index (χ2n) is 2.96. The second kappa shape index (κ2) is 2.48. The normalized spacial score (nSPS) is 10.4. The van der Waals surface area contributed by atoms with Gasteiger partial charge in [-0.1, -0.05) is 12.1 Å². The summed E-state index contributed by atoms with van der Waals surface area (Å²) < 4.78 is 2.00. The average Bonchev–Trinajstić information content (AvgIpc) is 2.07. The Labute approximate surface area is 71.2 Å². The molecule has 0 unspecified atom stereocenters. The Bertz CT molecular complexity index is 421. The average molecular weight is 159 g/mol. The number of pyridine rings is 1. The van der Waals surface area contributed by atoms with E-state index in [1.807, 2.05) is 36.1 Å². The predicted octanol–water partition coefficient (Wildman–Crippen LogP) is 1.25. The van der Waals surface area contributed by atoms with Crippen LogP contribution in [0.2, 0.25) is 0 Å². The van der Waals surface area contributed by atoms with E-state index in [9.17, 15) is 0 Å². The highest BCUT2D eigenvalue weighted by molar-refractivity contribution is 5.91. The van der Waals surface area contributed by atoms with Gasteiger partial charge in [-0.3, -0.25) is 0 Å². The number of rotatable bonds is 0. The Kier molecular flexibility index (Phi) is 1.47. The van der Waals surface area contributed by atoms with Crippen LogP contribution in [0.15, 0.2) is 36.7 Å². The largest absolute Gasteiger partial charge is 0.398 e. The number of nitrogens with two attached hydrogens (primary N) is 1. The molecule has 0 spiro atoms. The van der Waals surface area contributed by atoms with E-state index in [2.05, 4.69) is 12.1 Å². The van der Waals surface area contributed by atoms with Crippen molar-refractivity contribution in [1.82, 2.24) is 0 Å². The van der Waals surface area contributed by atoms with Gasteiger partial charge in [-0.05, 0) is 11.5 Å². The Hall–Kier alpha value is -1.57. The quantitative estimate of drug-likeness (QED) is 0.455. The molecule has 2 aromatic rings. The van der Waals surface area contributed by atoms with Crippen molar-refractivity contribution in [2.24, 2.45) is 7.05 Å². The van der Waals surface area contributed by atoms with Crippen LogP contribution in [0.3, 0.4) is 0 Å². The molecule has 0 bridgehead atoms. The summed E-state index contributed by atoms with van der Waals surface area (Å²) in [6.45, 7) is 0. The third kappa shape index (κ3) is 1.01. The van der Waals surface area contributed by atoms with E-state index in [0.717, 1.165) is 11.1 Å². The van der Waals surface area contributed by atoms with Gasteiger partial charge in [0.15, 0.2) is 12.4 Å². The van der Waals surface area contributed by atoms with E-state index >= 15 is 0 Å². The van der Waals surface area contributed by atoms with Gasteiger partial charge >= 0.3 is 0 Å². The molecule has 0 saturated carbocycles. The molecule has 60 valence electrons. The molecule has 0 saturated heterocycles. The number of anilines is 1. The third-order valence-corrected chi connectivity index (χ3v) is 2.00. The summed E-state index contributed by atoms with van der Waals surface area (Å²) >= 11 is 0. The number of nitrogen functional groups attached to an aromatic ring is 1. The molecule has 2 heteroatoms. The minimum atomic E-state index is 0.837. The molecule has 2 rings (SSSR count). The number of hydrogen-bond donors (Lipinski definition) is 1. The van der Waals surface area contributed by atoms with Gasteiger partial charge in [0.2, 0.25) is 0 Å². The molecular formula is C10H11N2+. The van der Waals surface area contributed by atoms with Crippen molar-refractivity contribution in [3.63, 3.8) is 0 Å². The first-order valence-electron chi connectivity index (χ1n) is 3.91. The Morgan fingerprint density at radius 1 is 1.25 bits per heavy atom. The highest BCUT2D eigenvalue weighted by Gasteiger charge is 2.00. The van der Waals surface area contributed by atoms with Crippen molar-refractivity contribution in [2.45, 2.75) is 0 Å². The van der Waals surface area contributed by atoms with Crippen molar-refractivity contribution in [3.05, 3.63) is 36.7 Å². The lowest BCUT2D eigenvalue weighted by Gasteiger charge is -1.98. The topological polar surface area (TPSA) is 29.9 Å². The molecule has 1 heterocycles. The first-order valence-corrected chi connectivity index (χ1v) is 3.91. The molecule has 0 atom stereocenters. The fourth-order valence-corrected chi connectivity index (χ4v) is 1.34. The van der Waals surface area contributed by atoms with Crippen LogP contribution in [-0.4, -0.2) is 0 Å². The monoisotopic (exact) mass is 159 g/mol. The van der Waals surface area contributed by atoms with Crippen LogP contribution in [-0.2, 0) is 7.05 Å². The Balaban J connectivity index is 2.88. The number of benzene rings is 1. The number of aromatic nitrogens is 1. The van der Waals surface area contributed by atoms with Crippen LogP contribution in [0, 0.1) is 0 Å². The molecule has 0 fully saturated rings. The SMILES string of the molecule is C[n+]1ccc2cccc(N)c2c1.